The number of halogens is 1. The van der Waals surface area contributed by atoms with E-state index in [2.05, 4.69) is 4.72 Å². The second-order valence-electron chi connectivity index (χ2n) is 3.63. The summed E-state index contributed by atoms with van der Waals surface area (Å²) in [7, 11) is -3.85. The van der Waals surface area contributed by atoms with Gasteiger partial charge in [-0.15, -0.1) is 0 Å². The third kappa shape index (κ3) is 4.11. The van der Waals surface area contributed by atoms with Gasteiger partial charge in [0.25, 0.3) is 0 Å². The highest BCUT2D eigenvalue weighted by atomic mass is 32.2. The van der Waals surface area contributed by atoms with Crippen molar-refractivity contribution in [2.75, 3.05) is 6.54 Å². The fourth-order valence-electron chi connectivity index (χ4n) is 1.33. The van der Waals surface area contributed by atoms with Crippen molar-refractivity contribution in [3.05, 3.63) is 46.3 Å². The van der Waals surface area contributed by atoms with E-state index in [1.807, 2.05) is 0 Å². The average Bonchev–Trinajstić information content (AvgIpc) is 2.34. The molecule has 0 aliphatic rings. The Kier molecular flexibility index (Phi) is 5.13. The van der Waals surface area contributed by atoms with E-state index in [0.29, 0.717) is 12.5 Å². The van der Waals surface area contributed by atoms with E-state index in [9.17, 15) is 22.9 Å². The van der Waals surface area contributed by atoms with Crippen molar-refractivity contribution in [3.8, 4) is 0 Å². The van der Waals surface area contributed by atoms with Gasteiger partial charge >= 0.3 is 5.69 Å². The average molecular weight is 288 g/mol. The fourth-order valence-corrected chi connectivity index (χ4v) is 2.39. The van der Waals surface area contributed by atoms with Crippen LogP contribution < -0.4 is 4.72 Å². The molecule has 6 nitrogen and oxygen atoms in total. The van der Waals surface area contributed by atoms with Crippen molar-refractivity contribution >= 4 is 15.7 Å². The van der Waals surface area contributed by atoms with Crippen LogP contribution in [-0.2, 0) is 10.0 Å². The maximum absolute atomic E-state index is 13.3. The molecule has 1 N–H and O–H groups in total. The van der Waals surface area contributed by atoms with Crippen molar-refractivity contribution in [2.45, 2.75) is 18.2 Å². The first-order chi connectivity index (χ1) is 8.88. The summed E-state index contributed by atoms with van der Waals surface area (Å²) in [5.41, 5.74) is -0.757. The molecule has 0 atom stereocenters. The quantitative estimate of drug-likeness (QED) is 0.375. The van der Waals surface area contributed by atoms with Gasteiger partial charge in [0.1, 0.15) is 0 Å². The van der Waals surface area contributed by atoms with Gasteiger partial charge in [-0.2, -0.15) is 4.39 Å². The standard InChI is InChI=1S/C11H13FN2O4S/c1-2-3-4-7-13-19(17,18)9-5-6-11(14(15)16)10(12)8-9/h2-3,5-6,8,13H,4,7H2,1H3/b3-2+. The molecule has 0 unspecified atom stereocenters. The molecule has 0 fully saturated rings. The number of rotatable bonds is 6. The molecular formula is C11H13FN2O4S. The van der Waals surface area contributed by atoms with Gasteiger partial charge in [0, 0.05) is 18.7 Å². The first-order valence-electron chi connectivity index (χ1n) is 5.43. The summed E-state index contributed by atoms with van der Waals surface area (Å²) in [6.07, 6.45) is 4.06. The Morgan fingerprint density at radius 1 is 1.47 bits per heavy atom. The van der Waals surface area contributed by atoms with E-state index in [0.717, 1.165) is 12.1 Å². The second kappa shape index (κ2) is 6.39. The van der Waals surface area contributed by atoms with Crippen LogP contribution in [0, 0.1) is 15.9 Å². The van der Waals surface area contributed by atoms with Crippen LogP contribution in [0.5, 0.6) is 0 Å². The molecule has 0 aromatic heterocycles. The second-order valence-corrected chi connectivity index (χ2v) is 5.39. The highest BCUT2D eigenvalue weighted by Gasteiger charge is 2.19. The minimum atomic E-state index is -3.85. The molecule has 8 heteroatoms. The highest BCUT2D eigenvalue weighted by Crippen LogP contribution is 2.20. The van der Waals surface area contributed by atoms with Crippen LogP contribution in [0.25, 0.3) is 0 Å². The van der Waals surface area contributed by atoms with E-state index in [4.69, 9.17) is 0 Å². The van der Waals surface area contributed by atoms with E-state index < -0.39 is 26.5 Å². The van der Waals surface area contributed by atoms with Gasteiger partial charge in [-0.1, -0.05) is 12.2 Å². The number of nitrogens with one attached hydrogen (secondary N) is 1. The fraction of sp³-hybridized carbons (Fsp3) is 0.273. The smallest absolute Gasteiger partial charge is 0.258 e. The van der Waals surface area contributed by atoms with Gasteiger partial charge in [-0.25, -0.2) is 13.1 Å². The molecule has 1 aromatic rings. The Morgan fingerprint density at radius 2 is 2.16 bits per heavy atom. The number of hydrogen-bond acceptors (Lipinski definition) is 4. The zero-order valence-electron chi connectivity index (χ0n) is 10.2. The van der Waals surface area contributed by atoms with Crippen molar-refractivity contribution in [3.63, 3.8) is 0 Å². The largest absolute Gasteiger partial charge is 0.304 e. The summed E-state index contributed by atoms with van der Waals surface area (Å²) in [6.45, 7) is 1.98. The molecule has 0 radical (unpaired) electrons. The molecule has 0 amide bonds. The number of nitrogens with zero attached hydrogens (tertiary/aromatic N) is 1. The summed E-state index contributed by atoms with van der Waals surface area (Å²) in [4.78, 5) is 9.17. The third-order valence-corrected chi connectivity index (χ3v) is 3.72. The van der Waals surface area contributed by atoms with Crippen LogP contribution in [-0.4, -0.2) is 19.9 Å². The minimum absolute atomic E-state index is 0.172. The molecule has 0 aliphatic heterocycles. The lowest BCUT2D eigenvalue weighted by Crippen LogP contribution is -2.24. The van der Waals surface area contributed by atoms with E-state index >= 15 is 0 Å². The third-order valence-electron chi connectivity index (χ3n) is 2.26. The molecule has 1 rings (SSSR count). The monoisotopic (exact) mass is 288 g/mol. The molecule has 0 heterocycles. The summed E-state index contributed by atoms with van der Waals surface area (Å²) in [5, 5.41) is 10.4. The normalized spacial score (nSPS) is 11.9. The Hall–Kier alpha value is -1.80. The van der Waals surface area contributed by atoms with E-state index in [-0.39, 0.29) is 11.4 Å². The van der Waals surface area contributed by atoms with Crippen LogP contribution in [0.15, 0.2) is 35.2 Å². The number of benzene rings is 1. The molecular weight excluding hydrogens is 275 g/mol. The van der Waals surface area contributed by atoms with Crippen LogP contribution in [0.1, 0.15) is 13.3 Å². The van der Waals surface area contributed by atoms with Crippen LogP contribution in [0.4, 0.5) is 10.1 Å². The Balaban J connectivity index is 2.90. The zero-order valence-corrected chi connectivity index (χ0v) is 11.0. The van der Waals surface area contributed by atoms with E-state index in [1.54, 1.807) is 19.1 Å². The lowest BCUT2D eigenvalue weighted by atomic mass is 10.3. The Labute approximate surface area is 110 Å². The van der Waals surface area contributed by atoms with Crippen LogP contribution in [0.2, 0.25) is 0 Å². The summed E-state index contributed by atoms with van der Waals surface area (Å²) < 4.78 is 39.1. The van der Waals surface area contributed by atoms with Crippen LogP contribution in [0.3, 0.4) is 0 Å². The summed E-state index contributed by atoms with van der Waals surface area (Å²) >= 11 is 0. The summed E-state index contributed by atoms with van der Waals surface area (Å²) in [6, 6.07) is 2.46. The number of hydrogen-bond donors (Lipinski definition) is 1. The van der Waals surface area contributed by atoms with Crippen molar-refractivity contribution in [2.24, 2.45) is 0 Å². The van der Waals surface area contributed by atoms with Crippen LogP contribution >= 0.6 is 0 Å². The molecule has 0 spiro atoms. The lowest BCUT2D eigenvalue weighted by Gasteiger charge is -2.05. The number of allylic oxidation sites excluding steroid dienone is 1. The molecule has 1 aromatic carbocycles. The first kappa shape index (κ1) is 15.3. The summed E-state index contributed by atoms with van der Waals surface area (Å²) in [5.74, 6) is -1.18. The van der Waals surface area contributed by atoms with Gasteiger partial charge in [-0.05, 0) is 19.4 Å². The van der Waals surface area contributed by atoms with Crippen molar-refractivity contribution < 1.29 is 17.7 Å². The lowest BCUT2D eigenvalue weighted by molar-refractivity contribution is -0.387. The predicted octanol–water partition coefficient (Wildman–Crippen LogP) is 1.98. The highest BCUT2D eigenvalue weighted by molar-refractivity contribution is 7.89. The molecule has 0 bridgehead atoms. The molecule has 104 valence electrons. The number of nitro benzene ring substituents is 1. The topological polar surface area (TPSA) is 89.3 Å². The predicted molar refractivity (Wildman–Crippen MR) is 67.7 cm³/mol. The first-order valence-corrected chi connectivity index (χ1v) is 6.91. The van der Waals surface area contributed by atoms with Gasteiger partial charge in [0.2, 0.25) is 15.8 Å². The zero-order chi connectivity index (χ0) is 14.5. The molecule has 0 aliphatic carbocycles. The molecule has 0 saturated heterocycles. The van der Waals surface area contributed by atoms with Crippen molar-refractivity contribution in [1.82, 2.24) is 4.72 Å². The SMILES string of the molecule is C/C=C/CCNS(=O)(=O)c1ccc([N+](=O)[O-])c(F)c1. The molecule has 19 heavy (non-hydrogen) atoms. The Bertz CT molecular complexity index is 599. The molecule has 0 saturated carbocycles. The number of nitro groups is 1. The van der Waals surface area contributed by atoms with Gasteiger partial charge in [0.05, 0.1) is 9.82 Å². The van der Waals surface area contributed by atoms with E-state index in [1.165, 1.54) is 0 Å². The van der Waals surface area contributed by atoms with Gasteiger partial charge in [0.15, 0.2) is 0 Å². The van der Waals surface area contributed by atoms with Crippen molar-refractivity contribution in [1.29, 1.82) is 0 Å². The maximum atomic E-state index is 13.3. The maximum Gasteiger partial charge on any atom is 0.304 e. The minimum Gasteiger partial charge on any atom is -0.258 e. The Morgan fingerprint density at radius 3 is 2.68 bits per heavy atom. The van der Waals surface area contributed by atoms with Gasteiger partial charge < -0.3 is 0 Å². The van der Waals surface area contributed by atoms with Gasteiger partial charge in [-0.3, -0.25) is 10.1 Å². The number of sulfonamides is 1.